The molecule has 0 atom stereocenters. The number of nitrogens with zero attached hydrogens (tertiary/aromatic N) is 4. The molecule has 0 spiro atoms. The molecule has 9 nitrogen and oxygen atoms in total. The molecule has 4 rings (SSSR count). The predicted octanol–water partition coefficient (Wildman–Crippen LogP) is 3.55. The Morgan fingerprint density at radius 2 is 1.94 bits per heavy atom. The number of carbonyl (C=O) groups is 1. The molecule has 0 unspecified atom stereocenters. The Morgan fingerprint density at radius 1 is 1.21 bits per heavy atom. The summed E-state index contributed by atoms with van der Waals surface area (Å²) in [7, 11) is -3.48. The van der Waals surface area contributed by atoms with Crippen molar-refractivity contribution in [1.82, 2.24) is 19.1 Å². The fourth-order valence-corrected chi connectivity index (χ4v) is 5.89. The van der Waals surface area contributed by atoms with E-state index in [1.54, 1.807) is 24.5 Å². The first kappa shape index (κ1) is 23.3. The number of furan rings is 1. The van der Waals surface area contributed by atoms with Gasteiger partial charge in [0.25, 0.3) is 0 Å². The highest BCUT2D eigenvalue weighted by molar-refractivity contribution is 7.99. The highest BCUT2D eigenvalue weighted by atomic mass is 32.2. The van der Waals surface area contributed by atoms with Gasteiger partial charge in [0.1, 0.15) is 5.76 Å². The van der Waals surface area contributed by atoms with Gasteiger partial charge >= 0.3 is 0 Å². The van der Waals surface area contributed by atoms with Crippen LogP contribution in [0.15, 0.2) is 63.7 Å². The molecule has 1 fully saturated rings. The van der Waals surface area contributed by atoms with Gasteiger partial charge in [0, 0.05) is 25.3 Å². The van der Waals surface area contributed by atoms with Gasteiger partial charge in [-0.05, 0) is 50.1 Å². The first-order valence-electron chi connectivity index (χ1n) is 10.5. The Kier molecular flexibility index (Phi) is 7.01. The van der Waals surface area contributed by atoms with Crippen LogP contribution in [-0.4, -0.2) is 52.2 Å². The highest BCUT2D eigenvalue weighted by Gasteiger charge is 2.27. The van der Waals surface area contributed by atoms with E-state index in [4.69, 9.17) is 4.42 Å². The van der Waals surface area contributed by atoms with Crippen molar-refractivity contribution in [2.24, 2.45) is 0 Å². The molecule has 0 saturated carbocycles. The van der Waals surface area contributed by atoms with Crippen LogP contribution in [0, 0.1) is 6.92 Å². The van der Waals surface area contributed by atoms with E-state index in [0.29, 0.717) is 36.3 Å². The fourth-order valence-electron chi connectivity index (χ4n) is 3.62. The van der Waals surface area contributed by atoms with Crippen LogP contribution in [0.5, 0.6) is 0 Å². The van der Waals surface area contributed by atoms with Crippen molar-refractivity contribution in [3.05, 3.63) is 55.0 Å². The summed E-state index contributed by atoms with van der Waals surface area (Å²) in [5.74, 6) is 1.27. The Bertz CT molecular complexity index is 1240. The molecule has 33 heavy (non-hydrogen) atoms. The van der Waals surface area contributed by atoms with Crippen molar-refractivity contribution >= 4 is 33.4 Å². The lowest BCUT2D eigenvalue weighted by atomic mass is 10.2. The Morgan fingerprint density at radius 3 is 2.58 bits per heavy atom. The molecule has 1 aliphatic rings. The highest BCUT2D eigenvalue weighted by Crippen LogP contribution is 2.27. The number of thioether (sulfide) groups is 1. The van der Waals surface area contributed by atoms with Gasteiger partial charge in [0.15, 0.2) is 11.0 Å². The number of amides is 1. The minimum Gasteiger partial charge on any atom is -0.469 e. The molecule has 0 aliphatic carbocycles. The lowest BCUT2D eigenvalue weighted by molar-refractivity contribution is -0.113. The van der Waals surface area contributed by atoms with E-state index in [0.717, 1.165) is 24.2 Å². The summed E-state index contributed by atoms with van der Waals surface area (Å²) in [6.07, 6.45) is 5.10. The SMILES string of the molecule is C=CCn1c(SCC(=O)Nc2ccc(S(=O)(=O)N3CCCC3)cc2)nnc1-c1ccoc1C. The third-order valence-corrected chi connectivity index (χ3v) is 8.18. The quantitative estimate of drug-likeness (QED) is 0.363. The van der Waals surface area contributed by atoms with Crippen LogP contribution in [-0.2, 0) is 21.4 Å². The van der Waals surface area contributed by atoms with Crippen molar-refractivity contribution < 1.29 is 17.6 Å². The van der Waals surface area contributed by atoms with Gasteiger partial charge in [-0.25, -0.2) is 8.42 Å². The Balaban J connectivity index is 1.39. The Hall–Kier alpha value is -2.89. The number of nitrogens with one attached hydrogen (secondary N) is 1. The van der Waals surface area contributed by atoms with Crippen LogP contribution in [0.25, 0.3) is 11.4 Å². The molecule has 0 bridgehead atoms. The number of anilines is 1. The predicted molar refractivity (Wildman–Crippen MR) is 126 cm³/mol. The second kappa shape index (κ2) is 9.94. The van der Waals surface area contributed by atoms with Crippen LogP contribution in [0.4, 0.5) is 5.69 Å². The van der Waals surface area contributed by atoms with Gasteiger partial charge < -0.3 is 9.73 Å². The van der Waals surface area contributed by atoms with E-state index in [1.165, 1.54) is 28.2 Å². The summed E-state index contributed by atoms with van der Waals surface area (Å²) in [5.41, 5.74) is 1.37. The standard InChI is InChI=1S/C22H25N5O4S2/c1-3-11-27-21(19-10-14-31-16(19)2)24-25-22(27)32-15-20(28)23-17-6-8-18(9-7-17)33(29,30)26-12-4-5-13-26/h3,6-10,14H,1,4-5,11-13,15H2,2H3,(H,23,28). The molecule has 3 heterocycles. The number of allylic oxidation sites excluding steroid dienone is 1. The molecular weight excluding hydrogens is 462 g/mol. The number of hydrogen-bond acceptors (Lipinski definition) is 7. The van der Waals surface area contributed by atoms with E-state index >= 15 is 0 Å². The number of aromatic nitrogens is 3. The van der Waals surface area contributed by atoms with E-state index in [1.807, 2.05) is 17.6 Å². The normalized spacial score (nSPS) is 14.5. The molecule has 3 aromatic rings. The van der Waals surface area contributed by atoms with Gasteiger partial charge in [-0.3, -0.25) is 9.36 Å². The van der Waals surface area contributed by atoms with Crippen LogP contribution < -0.4 is 5.32 Å². The average Bonchev–Trinajstić information content (AvgIpc) is 3.55. The molecule has 0 radical (unpaired) electrons. The maximum atomic E-state index is 12.6. The minimum absolute atomic E-state index is 0.119. The van der Waals surface area contributed by atoms with Crippen LogP contribution in [0.2, 0.25) is 0 Å². The molecule has 1 saturated heterocycles. The maximum Gasteiger partial charge on any atom is 0.243 e. The zero-order valence-electron chi connectivity index (χ0n) is 18.2. The maximum absolute atomic E-state index is 12.6. The largest absolute Gasteiger partial charge is 0.469 e. The summed E-state index contributed by atoms with van der Waals surface area (Å²) >= 11 is 1.26. The second-order valence-electron chi connectivity index (χ2n) is 7.57. The molecule has 2 aromatic heterocycles. The van der Waals surface area contributed by atoms with Gasteiger partial charge in [-0.15, -0.1) is 16.8 Å². The topological polar surface area (TPSA) is 110 Å². The van der Waals surface area contributed by atoms with Crippen molar-refractivity contribution in [1.29, 1.82) is 0 Å². The summed E-state index contributed by atoms with van der Waals surface area (Å²) in [6, 6.07) is 8.08. The van der Waals surface area contributed by atoms with E-state index in [9.17, 15) is 13.2 Å². The zero-order chi connectivity index (χ0) is 23.4. The smallest absolute Gasteiger partial charge is 0.243 e. The number of carbonyl (C=O) groups excluding carboxylic acids is 1. The van der Waals surface area contributed by atoms with Gasteiger partial charge in [0.2, 0.25) is 15.9 Å². The molecule has 1 aliphatic heterocycles. The molecule has 1 N–H and O–H groups in total. The van der Waals surface area contributed by atoms with Crippen LogP contribution in [0.1, 0.15) is 18.6 Å². The summed E-state index contributed by atoms with van der Waals surface area (Å²) in [5, 5.41) is 11.9. The average molecular weight is 488 g/mol. The molecule has 11 heteroatoms. The first-order chi connectivity index (χ1) is 15.9. The van der Waals surface area contributed by atoms with E-state index in [2.05, 4.69) is 22.1 Å². The van der Waals surface area contributed by atoms with Crippen molar-refractivity contribution in [3.63, 3.8) is 0 Å². The third-order valence-electron chi connectivity index (χ3n) is 5.30. The van der Waals surface area contributed by atoms with Gasteiger partial charge in [0.05, 0.1) is 22.5 Å². The van der Waals surface area contributed by atoms with E-state index < -0.39 is 10.0 Å². The minimum atomic E-state index is -3.48. The van der Waals surface area contributed by atoms with Crippen molar-refractivity contribution in [3.8, 4) is 11.4 Å². The molecule has 1 amide bonds. The fraction of sp³-hybridized carbons (Fsp3) is 0.318. The number of rotatable bonds is 9. The second-order valence-corrected chi connectivity index (χ2v) is 10.4. The summed E-state index contributed by atoms with van der Waals surface area (Å²) in [4.78, 5) is 12.7. The van der Waals surface area contributed by atoms with Crippen molar-refractivity contribution in [2.45, 2.75) is 36.4 Å². The van der Waals surface area contributed by atoms with Crippen molar-refractivity contribution in [2.75, 3.05) is 24.2 Å². The number of aryl methyl sites for hydroxylation is 1. The molecular formula is C22H25N5O4S2. The lowest BCUT2D eigenvalue weighted by Gasteiger charge is -2.15. The monoisotopic (exact) mass is 487 g/mol. The first-order valence-corrected chi connectivity index (χ1v) is 12.9. The van der Waals surface area contributed by atoms with Crippen LogP contribution in [0.3, 0.4) is 0 Å². The number of hydrogen-bond donors (Lipinski definition) is 1. The Labute approximate surface area is 196 Å². The van der Waals surface area contributed by atoms with Crippen LogP contribution >= 0.6 is 11.8 Å². The summed E-state index contributed by atoms with van der Waals surface area (Å²) < 4.78 is 34.0. The van der Waals surface area contributed by atoms with E-state index in [-0.39, 0.29) is 16.6 Å². The molecule has 1 aromatic carbocycles. The molecule has 174 valence electrons. The number of sulfonamides is 1. The zero-order valence-corrected chi connectivity index (χ0v) is 19.9. The summed E-state index contributed by atoms with van der Waals surface area (Å²) in [6.45, 7) is 7.23. The third kappa shape index (κ3) is 5.05. The van der Waals surface area contributed by atoms with Gasteiger partial charge in [-0.2, -0.15) is 4.31 Å². The lowest BCUT2D eigenvalue weighted by Crippen LogP contribution is -2.27. The number of benzene rings is 1. The van der Waals surface area contributed by atoms with Gasteiger partial charge in [-0.1, -0.05) is 17.8 Å².